The minimum absolute atomic E-state index is 0.0437. The Hall–Kier alpha value is -2.67. The van der Waals surface area contributed by atoms with Crippen LogP contribution in [0, 0.1) is 6.92 Å². The van der Waals surface area contributed by atoms with Gasteiger partial charge in [0, 0.05) is 31.5 Å². The molecule has 6 nitrogen and oxygen atoms in total. The molecule has 2 amide bonds. The molecule has 1 saturated heterocycles. The van der Waals surface area contributed by atoms with Gasteiger partial charge in [0.25, 0.3) is 11.8 Å². The molecule has 4 heterocycles. The number of thiophene rings is 1. The molecule has 1 N–H and O–H groups in total. The largest absolute Gasteiger partial charge is 0.346 e. The molecule has 0 aliphatic carbocycles. The van der Waals surface area contributed by atoms with Gasteiger partial charge in [0.2, 0.25) is 0 Å². The lowest BCUT2D eigenvalue weighted by atomic mass is 10.1. The predicted octanol–water partition coefficient (Wildman–Crippen LogP) is 2.74. The Kier molecular flexibility index (Phi) is 4.46. The first-order chi connectivity index (χ1) is 12.6. The number of aromatic nitrogens is 2. The number of nitrogens with one attached hydrogen (secondary N) is 1. The van der Waals surface area contributed by atoms with Gasteiger partial charge in [-0.25, -0.2) is 4.98 Å². The summed E-state index contributed by atoms with van der Waals surface area (Å²) in [6.45, 7) is 3.27. The van der Waals surface area contributed by atoms with Crippen LogP contribution >= 0.6 is 11.3 Å². The summed E-state index contributed by atoms with van der Waals surface area (Å²) >= 11 is 1.45. The van der Waals surface area contributed by atoms with E-state index in [0.29, 0.717) is 12.2 Å². The van der Waals surface area contributed by atoms with Gasteiger partial charge in [0.15, 0.2) is 0 Å². The summed E-state index contributed by atoms with van der Waals surface area (Å²) in [4.78, 5) is 32.1. The number of hydrogen-bond acceptors (Lipinski definition) is 4. The highest BCUT2D eigenvalue weighted by molar-refractivity contribution is 7.12. The van der Waals surface area contributed by atoms with E-state index in [9.17, 15) is 9.59 Å². The van der Waals surface area contributed by atoms with Crippen molar-refractivity contribution in [2.45, 2.75) is 25.8 Å². The van der Waals surface area contributed by atoms with E-state index in [1.165, 1.54) is 11.3 Å². The van der Waals surface area contributed by atoms with Crippen LogP contribution in [0.4, 0.5) is 0 Å². The highest BCUT2D eigenvalue weighted by Gasteiger charge is 2.26. The van der Waals surface area contributed by atoms with Crippen molar-refractivity contribution in [1.82, 2.24) is 19.6 Å². The second-order valence-electron chi connectivity index (χ2n) is 6.64. The van der Waals surface area contributed by atoms with E-state index >= 15 is 0 Å². The number of pyridine rings is 1. The molecule has 0 saturated carbocycles. The van der Waals surface area contributed by atoms with Crippen LogP contribution in [0.5, 0.6) is 0 Å². The second-order valence-corrected chi connectivity index (χ2v) is 7.59. The number of amides is 2. The van der Waals surface area contributed by atoms with Crippen LogP contribution in [0.15, 0.2) is 42.0 Å². The highest BCUT2D eigenvalue weighted by Crippen LogP contribution is 2.17. The third-order valence-corrected chi connectivity index (χ3v) is 5.47. The molecule has 0 aromatic carbocycles. The molecule has 0 spiro atoms. The van der Waals surface area contributed by atoms with Crippen molar-refractivity contribution in [1.29, 1.82) is 0 Å². The van der Waals surface area contributed by atoms with Gasteiger partial charge in [0.1, 0.15) is 11.3 Å². The molecule has 1 atom stereocenters. The van der Waals surface area contributed by atoms with Gasteiger partial charge in [0.05, 0.1) is 4.88 Å². The van der Waals surface area contributed by atoms with E-state index < -0.39 is 0 Å². The first kappa shape index (κ1) is 16.8. The Bertz CT molecular complexity index is 948. The zero-order valence-electron chi connectivity index (χ0n) is 14.5. The summed E-state index contributed by atoms with van der Waals surface area (Å²) in [5.41, 5.74) is 2.26. The normalized spacial score (nSPS) is 17.4. The van der Waals surface area contributed by atoms with E-state index in [1.54, 1.807) is 6.20 Å². The monoisotopic (exact) mass is 368 g/mol. The smallest absolute Gasteiger partial charge is 0.271 e. The maximum atomic E-state index is 12.6. The summed E-state index contributed by atoms with van der Waals surface area (Å²) in [5, 5.41) is 4.94. The van der Waals surface area contributed by atoms with E-state index in [4.69, 9.17) is 0 Å². The molecule has 4 rings (SSSR count). The summed E-state index contributed by atoms with van der Waals surface area (Å²) in [6, 6.07) is 7.54. The number of fused-ring (bicyclic) bond motifs is 1. The summed E-state index contributed by atoms with van der Waals surface area (Å²) in [6.07, 6.45) is 5.44. The maximum Gasteiger partial charge on any atom is 0.271 e. The molecule has 1 unspecified atom stereocenters. The van der Waals surface area contributed by atoms with Crippen LogP contribution in [0.2, 0.25) is 0 Å². The minimum Gasteiger partial charge on any atom is -0.346 e. The molecule has 3 aromatic rings. The summed E-state index contributed by atoms with van der Waals surface area (Å²) < 4.78 is 1.86. The summed E-state index contributed by atoms with van der Waals surface area (Å²) in [5.74, 6) is -0.149. The number of carbonyl (C=O) groups excluding carboxylic acids is 2. The third kappa shape index (κ3) is 3.35. The first-order valence-corrected chi connectivity index (χ1v) is 9.57. The van der Waals surface area contributed by atoms with Gasteiger partial charge in [-0.3, -0.25) is 9.59 Å². The quantitative estimate of drug-likeness (QED) is 0.773. The van der Waals surface area contributed by atoms with Crippen LogP contribution in [-0.4, -0.2) is 45.2 Å². The molecular formula is C19H20N4O2S. The predicted molar refractivity (Wildman–Crippen MR) is 101 cm³/mol. The van der Waals surface area contributed by atoms with Gasteiger partial charge < -0.3 is 14.6 Å². The minimum atomic E-state index is -0.193. The van der Waals surface area contributed by atoms with E-state index in [0.717, 1.165) is 35.5 Å². The molecule has 0 radical (unpaired) electrons. The SMILES string of the molecule is Cc1ccc2nc(C(=O)NC3CCCN(C(=O)c4cccs4)C3)cn2c1. The van der Waals surface area contributed by atoms with Crippen LogP contribution in [0.25, 0.3) is 5.65 Å². The van der Waals surface area contributed by atoms with Gasteiger partial charge in [-0.1, -0.05) is 12.1 Å². The second kappa shape index (κ2) is 6.92. The lowest BCUT2D eigenvalue weighted by molar-refractivity contribution is 0.0680. The number of hydrogen-bond donors (Lipinski definition) is 1. The summed E-state index contributed by atoms with van der Waals surface area (Å²) in [7, 11) is 0. The Balaban J connectivity index is 1.44. The Labute approximate surface area is 155 Å². The average molecular weight is 368 g/mol. The number of likely N-dealkylation sites (tertiary alicyclic amines) is 1. The standard InChI is InChI=1S/C19H20N4O2S/c1-13-6-7-17-21-15(12-23(17)10-13)18(24)20-14-4-2-8-22(11-14)19(25)16-5-3-9-26-16/h3,5-7,9-10,12,14H,2,4,8,11H2,1H3,(H,20,24). The molecule has 3 aromatic heterocycles. The fourth-order valence-electron chi connectivity index (χ4n) is 3.31. The molecule has 7 heteroatoms. The van der Waals surface area contributed by atoms with Crippen LogP contribution in [0.3, 0.4) is 0 Å². The fraction of sp³-hybridized carbons (Fsp3) is 0.316. The fourth-order valence-corrected chi connectivity index (χ4v) is 4.00. The van der Waals surface area contributed by atoms with E-state index in [2.05, 4.69) is 10.3 Å². The van der Waals surface area contributed by atoms with Crippen LogP contribution in [-0.2, 0) is 0 Å². The van der Waals surface area contributed by atoms with Gasteiger partial charge in [-0.05, 0) is 42.8 Å². The van der Waals surface area contributed by atoms with Gasteiger partial charge >= 0.3 is 0 Å². The number of aryl methyl sites for hydroxylation is 1. The highest BCUT2D eigenvalue weighted by atomic mass is 32.1. The van der Waals surface area contributed by atoms with Crippen molar-refractivity contribution in [3.63, 3.8) is 0 Å². The van der Waals surface area contributed by atoms with Crippen LogP contribution in [0.1, 0.15) is 38.6 Å². The first-order valence-electron chi connectivity index (χ1n) is 8.69. The molecule has 1 fully saturated rings. The number of imidazole rings is 1. The molecule has 0 bridgehead atoms. The Morgan fingerprint density at radius 2 is 2.15 bits per heavy atom. The van der Waals surface area contributed by atoms with Gasteiger partial charge in [-0.2, -0.15) is 0 Å². The van der Waals surface area contributed by atoms with E-state index in [1.807, 2.05) is 52.1 Å². The topological polar surface area (TPSA) is 66.7 Å². The third-order valence-electron chi connectivity index (χ3n) is 4.61. The number of rotatable bonds is 3. The number of piperidine rings is 1. The van der Waals surface area contributed by atoms with Gasteiger partial charge in [-0.15, -0.1) is 11.3 Å². The van der Waals surface area contributed by atoms with E-state index in [-0.39, 0.29) is 17.9 Å². The maximum absolute atomic E-state index is 12.6. The number of nitrogens with zero attached hydrogens (tertiary/aromatic N) is 3. The van der Waals surface area contributed by atoms with Crippen molar-refractivity contribution < 1.29 is 9.59 Å². The molecular weight excluding hydrogens is 348 g/mol. The van der Waals surface area contributed by atoms with Crippen molar-refractivity contribution >= 4 is 28.8 Å². The van der Waals surface area contributed by atoms with Crippen molar-refractivity contribution in [3.8, 4) is 0 Å². The Morgan fingerprint density at radius 3 is 2.96 bits per heavy atom. The molecule has 134 valence electrons. The average Bonchev–Trinajstić information content (AvgIpc) is 3.30. The zero-order chi connectivity index (χ0) is 18.1. The molecule has 1 aliphatic rings. The van der Waals surface area contributed by atoms with Crippen molar-refractivity contribution in [3.05, 3.63) is 58.2 Å². The Morgan fingerprint density at radius 1 is 1.27 bits per heavy atom. The van der Waals surface area contributed by atoms with Crippen molar-refractivity contribution in [2.24, 2.45) is 0 Å². The number of carbonyl (C=O) groups is 2. The lowest BCUT2D eigenvalue weighted by Crippen LogP contribution is -2.49. The molecule has 1 aliphatic heterocycles. The van der Waals surface area contributed by atoms with Crippen LogP contribution < -0.4 is 5.32 Å². The van der Waals surface area contributed by atoms with Crippen molar-refractivity contribution in [2.75, 3.05) is 13.1 Å². The lowest BCUT2D eigenvalue weighted by Gasteiger charge is -2.32. The zero-order valence-corrected chi connectivity index (χ0v) is 15.3. The molecule has 26 heavy (non-hydrogen) atoms.